The second-order valence-corrected chi connectivity index (χ2v) is 8.63. The molecule has 146 valence electrons. The third-order valence-corrected chi connectivity index (χ3v) is 6.81. The molecule has 28 heavy (non-hydrogen) atoms. The van der Waals surface area contributed by atoms with Crippen molar-refractivity contribution in [2.24, 2.45) is 11.8 Å². The van der Waals surface area contributed by atoms with Gasteiger partial charge in [-0.1, -0.05) is 36.4 Å². The van der Waals surface area contributed by atoms with Crippen LogP contribution in [-0.4, -0.2) is 41.9 Å². The van der Waals surface area contributed by atoms with Crippen LogP contribution in [0.1, 0.15) is 35.2 Å². The maximum Gasteiger partial charge on any atom is 0.219 e. The third-order valence-electron chi connectivity index (χ3n) is 6.81. The van der Waals surface area contributed by atoms with Crippen molar-refractivity contribution in [1.29, 1.82) is 0 Å². The van der Waals surface area contributed by atoms with E-state index in [1.165, 1.54) is 22.3 Å². The number of hydrogen-bond donors (Lipinski definition) is 0. The summed E-state index contributed by atoms with van der Waals surface area (Å²) in [7, 11) is 0. The summed E-state index contributed by atoms with van der Waals surface area (Å²) in [4.78, 5) is 17.0. The fraction of sp³-hybridized carbons (Fsp3) is 0.458. The SMILES string of the molecule is CC(=O)N1C[C@H]2CN(Cc3ccc4c(c3)CCO4)C[C@H]2[C@@H]1c1ccccc1C. The lowest BCUT2D eigenvalue weighted by molar-refractivity contribution is -0.130. The van der Waals surface area contributed by atoms with E-state index in [1.807, 2.05) is 0 Å². The van der Waals surface area contributed by atoms with E-state index >= 15 is 0 Å². The Labute approximate surface area is 167 Å². The molecule has 2 aromatic rings. The Bertz CT molecular complexity index is 909. The molecular formula is C24H28N2O2. The van der Waals surface area contributed by atoms with Gasteiger partial charge in [0.15, 0.2) is 0 Å². The molecule has 2 saturated heterocycles. The van der Waals surface area contributed by atoms with Gasteiger partial charge >= 0.3 is 0 Å². The van der Waals surface area contributed by atoms with E-state index in [1.54, 1.807) is 6.92 Å². The van der Waals surface area contributed by atoms with Gasteiger partial charge in [-0.2, -0.15) is 0 Å². The van der Waals surface area contributed by atoms with Crippen LogP contribution >= 0.6 is 0 Å². The number of nitrogens with zero attached hydrogens (tertiary/aromatic N) is 2. The molecule has 3 atom stereocenters. The molecule has 5 rings (SSSR count). The third kappa shape index (κ3) is 3.00. The van der Waals surface area contributed by atoms with Crippen molar-refractivity contribution in [3.8, 4) is 5.75 Å². The largest absolute Gasteiger partial charge is 0.493 e. The molecule has 4 heteroatoms. The highest BCUT2D eigenvalue weighted by Gasteiger charge is 2.48. The fourth-order valence-corrected chi connectivity index (χ4v) is 5.50. The van der Waals surface area contributed by atoms with Gasteiger partial charge in [-0.05, 0) is 41.2 Å². The van der Waals surface area contributed by atoms with E-state index in [2.05, 4.69) is 59.2 Å². The normalized spacial score (nSPS) is 26.2. The van der Waals surface area contributed by atoms with Crippen molar-refractivity contribution in [3.63, 3.8) is 0 Å². The van der Waals surface area contributed by atoms with Gasteiger partial charge in [0, 0.05) is 45.4 Å². The zero-order chi connectivity index (χ0) is 19.3. The van der Waals surface area contributed by atoms with E-state index in [4.69, 9.17) is 4.74 Å². The lowest BCUT2D eigenvalue weighted by Crippen LogP contribution is -2.34. The van der Waals surface area contributed by atoms with E-state index in [0.717, 1.165) is 45.0 Å². The van der Waals surface area contributed by atoms with Crippen molar-refractivity contribution < 1.29 is 9.53 Å². The Balaban J connectivity index is 1.36. The first kappa shape index (κ1) is 17.7. The lowest BCUT2D eigenvalue weighted by atomic mass is 9.87. The standard InChI is InChI=1S/C24H28N2O2/c1-16-5-3-4-6-21(16)24-22-15-25(13-20(22)14-26(24)17(2)27)12-18-7-8-23-19(11-18)9-10-28-23/h3-8,11,20,22,24H,9-10,12-15H2,1-2H3/t20-,22-,24+/m1/s1. The second kappa shape index (κ2) is 6.93. The number of rotatable bonds is 3. The van der Waals surface area contributed by atoms with E-state index < -0.39 is 0 Å². The minimum atomic E-state index is 0.202. The minimum Gasteiger partial charge on any atom is -0.493 e. The molecule has 4 nitrogen and oxygen atoms in total. The summed E-state index contributed by atoms with van der Waals surface area (Å²) < 4.78 is 5.64. The Hall–Kier alpha value is -2.33. The van der Waals surface area contributed by atoms with E-state index in [0.29, 0.717) is 11.8 Å². The number of hydrogen-bond acceptors (Lipinski definition) is 3. The summed E-state index contributed by atoms with van der Waals surface area (Å²) in [6, 6.07) is 15.4. The minimum absolute atomic E-state index is 0.202. The van der Waals surface area contributed by atoms with Gasteiger partial charge in [0.05, 0.1) is 12.6 Å². The molecule has 0 unspecified atom stereocenters. The molecule has 0 N–H and O–H groups in total. The number of likely N-dealkylation sites (tertiary alicyclic amines) is 2. The Morgan fingerprint density at radius 2 is 2.00 bits per heavy atom. The number of fused-ring (bicyclic) bond motifs is 2. The number of amides is 1. The van der Waals surface area contributed by atoms with Crippen LogP contribution < -0.4 is 4.74 Å². The summed E-state index contributed by atoms with van der Waals surface area (Å²) in [5.41, 5.74) is 5.33. The first-order chi connectivity index (χ1) is 13.6. The molecule has 0 radical (unpaired) electrons. The topological polar surface area (TPSA) is 32.8 Å². The van der Waals surface area contributed by atoms with Crippen molar-refractivity contribution in [2.75, 3.05) is 26.2 Å². The van der Waals surface area contributed by atoms with Gasteiger partial charge in [-0.15, -0.1) is 0 Å². The molecule has 3 heterocycles. The van der Waals surface area contributed by atoms with Crippen LogP contribution in [0.5, 0.6) is 5.75 Å². The van der Waals surface area contributed by atoms with Gasteiger partial charge < -0.3 is 9.64 Å². The average Bonchev–Trinajstić information content (AvgIpc) is 3.36. The van der Waals surface area contributed by atoms with Crippen LogP contribution in [0.15, 0.2) is 42.5 Å². The van der Waals surface area contributed by atoms with Crippen molar-refractivity contribution >= 4 is 5.91 Å². The molecule has 2 aromatic carbocycles. The van der Waals surface area contributed by atoms with Gasteiger partial charge in [0.2, 0.25) is 5.91 Å². The highest BCUT2D eigenvalue weighted by molar-refractivity contribution is 5.74. The zero-order valence-electron chi connectivity index (χ0n) is 16.7. The molecular weight excluding hydrogens is 348 g/mol. The van der Waals surface area contributed by atoms with E-state index in [-0.39, 0.29) is 11.9 Å². The zero-order valence-corrected chi connectivity index (χ0v) is 16.7. The maximum absolute atomic E-state index is 12.4. The number of carbonyl (C=O) groups is 1. The Morgan fingerprint density at radius 3 is 2.82 bits per heavy atom. The average molecular weight is 377 g/mol. The Kier molecular flexibility index (Phi) is 4.39. The molecule has 1 amide bonds. The quantitative estimate of drug-likeness (QED) is 0.821. The molecule has 0 aromatic heterocycles. The smallest absolute Gasteiger partial charge is 0.219 e. The molecule has 0 spiro atoms. The summed E-state index contributed by atoms with van der Waals surface area (Å²) in [6.07, 6.45) is 1.03. The fourth-order valence-electron chi connectivity index (χ4n) is 5.50. The van der Waals surface area contributed by atoms with Crippen molar-refractivity contribution in [1.82, 2.24) is 9.80 Å². The van der Waals surface area contributed by atoms with Crippen LogP contribution in [-0.2, 0) is 17.8 Å². The van der Waals surface area contributed by atoms with Crippen LogP contribution in [0.2, 0.25) is 0 Å². The van der Waals surface area contributed by atoms with Gasteiger partial charge in [-0.25, -0.2) is 0 Å². The molecule has 0 saturated carbocycles. The van der Waals surface area contributed by atoms with Gasteiger partial charge in [0.25, 0.3) is 0 Å². The van der Waals surface area contributed by atoms with Crippen LogP contribution in [0, 0.1) is 18.8 Å². The van der Waals surface area contributed by atoms with E-state index in [9.17, 15) is 4.79 Å². The maximum atomic E-state index is 12.4. The van der Waals surface area contributed by atoms with Crippen LogP contribution in [0.4, 0.5) is 0 Å². The number of ether oxygens (including phenoxy) is 1. The van der Waals surface area contributed by atoms with Crippen molar-refractivity contribution in [3.05, 3.63) is 64.7 Å². The first-order valence-corrected chi connectivity index (χ1v) is 10.4. The Morgan fingerprint density at radius 1 is 1.14 bits per heavy atom. The molecule has 3 aliphatic rings. The van der Waals surface area contributed by atoms with Crippen molar-refractivity contribution in [2.45, 2.75) is 32.9 Å². The predicted molar refractivity (Wildman–Crippen MR) is 109 cm³/mol. The highest BCUT2D eigenvalue weighted by Crippen LogP contribution is 2.46. The molecule has 0 aliphatic carbocycles. The van der Waals surface area contributed by atoms with Crippen LogP contribution in [0.25, 0.3) is 0 Å². The molecule has 2 fully saturated rings. The number of carbonyl (C=O) groups excluding carboxylic acids is 1. The molecule has 3 aliphatic heterocycles. The lowest BCUT2D eigenvalue weighted by Gasteiger charge is -2.30. The summed E-state index contributed by atoms with van der Waals surface area (Å²) in [6.45, 7) is 8.70. The summed E-state index contributed by atoms with van der Waals surface area (Å²) >= 11 is 0. The van der Waals surface area contributed by atoms with Gasteiger partial charge in [0.1, 0.15) is 5.75 Å². The predicted octanol–water partition coefficient (Wildman–Crippen LogP) is 3.58. The second-order valence-electron chi connectivity index (χ2n) is 8.63. The highest BCUT2D eigenvalue weighted by atomic mass is 16.5. The first-order valence-electron chi connectivity index (χ1n) is 10.4. The van der Waals surface area contributed by atoms with Crippen LogP contribution in [0.3, 0.4) is 0 Å². The molecule has 0 bridgehead atoms. The summed E-state index contributed by atoms with van der Waals surface area (Å²) in [5.74, 6) is 2.33. The number of aryl methyl sites for hydroxylation is 1. The van der Waals surface area contributed by atoms with Gasteiger partial charge in [-0.3, -0.25) is 9.69 Å². The number of benzene rings is 2. The summed E-state index contributed by atoms with van der Waals surface area (Å²) in [5, 5.41) is 0. The monoisotopic (exact) mass is 376 g/mol.